The van der Waals surface area contributed by atoms with Crippen LogP contribution in [0.2, 0.25) is 0 Å². The van der Waals surface area contributed by atoms with Crippen LogP contribution >= 0.6 is 12.6 Å². The summed E-state index contributed by atoms with van der Waals surface area (Å²) in [4.78, 5) is 3.87. The van der Waals surface area contributed by atoms with Crippen LogP contribution in [0.25, 0.3) is 16.7 Å². The van der Waals surface area contributed by atoms with Gasteiger partial charge in [-0.05, 0) is 167 Å². The van der Waals surface area contributed by atoms with E-state index in [4.69, 9.17) is 12.6 Å². The van der Waals surface area contributed by atoms with Crippen LogP contribution in [-0.2, 0) is 10.8 Å². The second-order valence-electron chi connectivity index (χ2n) is 19.0. The zero-order valence-electron chi connectivity index (χ0n) is 36.6. The summed E-state index contributed by atoms with van der Waals surface area (Å²) in [6.45, 7) is 7.13. The molecule has 4 aromatic carbocycles. The molecule has 4 aromatic rings. The van der Waals surface area contributed by atoms with Crippen molar-refractivity contribution in [2.45, 2.75) is 95.8 Å². The minimum atomic E-state index is -0.405. The summed E-state index contributed by atoms with van der Waals surface area (Å²) in [5.74, 6) is 0.455. The van der Waals surface area contributed by atoms with Crippen molar-refractivity contribution in [1.29, 1.82) is 0 Å². The van der Waals surface area contributed by atoms with Crippen LogP contribution in [0.15, 0.2) is 202 Å². The minimum absolute atomic E-state index is 0.0685. The topological polar surface area (TPSA) is 3.24 Å². The fourth-order valence-electron chi connectivity index (χ4n) is 12.0. The number of rotatable bonds is 7. The SMILES string of the molecule is CC1=CC=C(C2(c3ccccc3)c3ccccc3-c3ccc(N(C4=CC(C5=CC([C@@H]6C=CCCC6)=C(S)CC5)=CC=CC4)c4ccc5c(c4)C(C)(C)C4=C5CCC=C4)cc32)CC1. The van der Waals surface area contributed by atoms with Crippen molar-refractivity contribution in [2.24, 2.45) is 5.92 Å². The minimum Gasteiger partial charge on any atom is -0.314 e. The lowest BCUT2D eigenvalue weighted by Gasteiger charge is -2.38. The van der Waals surface area contributed by atoms with E-state index in [1.807, 2.05) is 0 Å². The summed E-state index contributed by atoms with van der Waals surface area (Å²) in [7, 11) is 0. The van der Waals surface area contributed by atoms with Crippen molar-refractivity contribution in [1.82, 2.24) is 0 Å². The molecule has 0 aromatic heterocycles. The first-order valence-corrected chi connectivity index (χ1v) is 23.7. The first-order chi connectivity index (χ1) is 30.3. The average molecular weight is 824 g/mol. The lowest BCUT2D eigenvalue weighted by Crippen LogP contribution is -2.30. The van der Waals surface area contributed by atoms with Crippen LogP contribution in [0.3, 0.4) is 0 Å². The van der Waals surface area contributed by atoms with Gasteiger partial charge in [-0.25, -0.2) is 0 Å². The third-order valence-corrected chi connectivity index (χ3v) is 15.6. The van der Waals surface area contributed by atoms with E-state index < -0.39 is 5.41 Å². The zero-order valence-corrected chi connectivity index (χ0v) is 37.4. The molecule has 0 radical (unpaired) electrons. The molecule has 0 heterocycles. The molecule has 1 unspecified atom stereocenters. The van der Waals surface area contributed by atoms with Crippen LogP contribution in [0, 0.1) is 5.92 Å². The summed E-state index contributed by atoms with van der Waals surface area (Å²) >= 11 is 5.08. The van der Waals surface area contributed by atoms with Crippen molar-refractivity contribution in [3.63, 3.8) is 0 Å². The Kier molecular flexibility index (Phi) is 9.92. The van der Waals surface area contributed by atoms with Crippen LogP contribution in [0.5, 0.6) is 0 Å². The Morgan fingerprint density at radius 1 is 0.677 bits per heavy atom. The molecule has 7 aliphatic carbocycles. The number of thiol groups is 1. The van der Waals surface area contributed by atoms with E-state index in [9.17, 15) is 0 Å². The molecule has 0 saturated carbocycles. The number of anilines is 2. The van der Waals surface area contributed by atoms with Crippen molar-refractivity contribution >= 4 is 29.6 Å². The van der Waals surface area contributed by atoms with Crippen LogP contribution < -0.4 is 4.90 Å². The van der Waals surface area contributed by atoms with E-state index in [0.717, 1.165) is 44.9 Å². The van der Waals surface area contributed by atoms with Crippen LogP contribution in [0.1, 0.15) is 113 Å². The number of nitrogens with zero attached hydrogens (tertiary/aromatic N) is 1. The third kappa shape index (κ3) is 6.35. The molecular formula is C60H57NS. The largest absolute Gasteiger partial charge is 0.314 e. The van der Waals surface area contributed by atoms with E-state index in [-0.39, 0.29) is 5.41 Å². The molecule has 0 aliphatic heterocycles. The van der Waals surface area contributed by atoms with Crippen molar-refractivity contribution in [2.75, 3.05) is 4.90 Å². The maximum atomic E-state index is 5.08. The Balaban J connectivity index is 1.12. The van der Waals surface area contributed by atoms with E-state index in [1.54, 1.807) is 0 Å². The highest BCUT2D eigenvalue weighted by molar-refractivity contribution is 7.84. The summed E-state index contributed by atoms with van der Waals surface area (Å²) < 4.78 is 0. The summed E-state index contributed by atoms with van der Waals surface area (Å²) in [6.07, 6.45) is 37.2. The molecule has 0 amide bonds. The molecule has 0 N–H and O–H groups in total. The monoisotopic (exact) mass is 823 g/mol. The summed E-state index contributed by atoms with van der Waals surface area (Å²) in [6, 6.07) is 35.4. The number of hydrogen-bond acceptors (Lipinski definition) is 2. The van der Waals surface area contributed by atoms with Gasteiger partial charge in [-0.2, -0.15) is 0 Å². The Morgan fingerprint density at radius 3 is 2.27 bits per heavy atom. The highest BCUT2D eigenvalue weighted by atomic mass is 32.1. The number of hydrogen-bond donors (Lipinski definition) is 1. The van der Waals surface area contributed by atoms with Crippen LogP contribution in [0.4, 0.5) is 11.4 Å². The van der Waals surface area contributed by atoms with Gasteiger partial charge in [0.25, 0.3) is 0 Å². The second-order valence-corrected chi connectivity index (χ2v) is 19.6. The van der Waals surface area contributed by atoms with E-state index in [2.05, 4.69) is 184 Å². The molecule has 11 rings (SSSR count). The van der Waals surface area contributed by atoms with Gasteiger partial charge in [-0.15, -0.1) is 12.6 Å². The van der Waals surface area contributed by atoms with Gasteiger partial charge in [0.2, 0.25) is 0 Å². The van der Waals surface area contributed by atoms with Gasteiger partial charge < -0.3 is 4.90 Å². The fourth-order valence-corrected chi connectivity index (χ4v) is 12.3. The fraction of sp³-hybridized carbons (Fsp3) is 0.267. The number of benzene rings is 4. The normalized spacial score (nSPS) is 23.4. The van der Waals surface area contributed by atoms with Gasteiger partial charge in [-0.1, -0.05) is 152 Å². The van der Waals surface area contributed by atoms with Gasteiger partial charge in [-0.3, -0.25) is 0 Å². The van der Waals surface area contributed by atoms with Gasteiger partial charge in [0.1, 0.15) is 0 Å². The molecule has 2 heteroatoms. The maximum Gasteiger partial charge on any atom is 0.0677 e. The maximum absolute atomic E-state index is 5.08. The zero-order chi connectivity index (χ0) is 42.0. The molecule has 7 aliphatic rings. The van der Waals surface area contributed by atoms with Crippen molar-refractivity contribution < 1.29 is 0 Å². The molecule has 62 heavy (non-hydrogen) atoms. The number of fused-ring (bicyclic) bond motifs is 5. The van der Waals surface area contributed by atoms with Gasteiger partial charge in [0, 0.05) is 34.8 Å². The highest BCUT2D eigenvalue weighted by Gasteiger charge is 2.48. The molecule has 308 valence electrons. The van der Waals surface area contributed by atoms with E-state index in [0.29, 0.717) is 5.92 Å². The Hall–Kier alpha value is -5.57. The second kappa shape index (κ2) is 15.7. The van der Waals surface area contributed by atoms with Gasteiger partial charge in [0.15, 0.2) is 0 Å². The summed E-state index contributed by atoms with van der Waals surface area (Å²) in [5.41, 5.74) is 23.0. The molecule has 0 bridgehead atoms. The molecule has 0 fully saturated rings. The van der Waals surface area contributed by atoms with Gasteiger partial charge in [0.05, 0.1) is 5.41 Å². The van der Waals surface area contributed by atoms with Crippen molar-refractivity contribution in [3.05, 3.63) is 230 Å². The smallest absolute Gasteiger partial charge is 0.0677 e. The third-order valence-electron chi connectivity index (χ3n) is 15.1. The van der Waals surface area contributed by atoms with E-state index >= 15 is 0 Å². The first kappa shape index (κ1) is 39.3. The predicted octanol–water partition coefficient (Wildman–Crippen LogP) is 16.2. The molecular weight excluding hydrogens is 767 g/mol. The molecule has 0 saturated heterocycles. The standard InChI is InChI=1S/C60H57NS/c1-40-26-29-45(30-27-40)60(44-19-8-5-9-20-44)55-25-15-13-23-50(55)52-34-32-48(39-57(52)60)61(47-31-33-51-49-22-12-14-24-54(49)59(2,3)56(51)38-47)46-21-11-10-18-42(36-46)43-28-35-58(62)53(37-43)41-16-6-4-7-17-41/h5-6,8-11,13-16,18-20,23-26,29,31-34,36-39,41,62H,4,7,12,17,21-22,27-28,30,35H2,1-3H3/t41-,60?/m1/s1. The Morgan fingerprint density at radius 2 is 1.47 bits per heavy atom. The molecule has 1 nitrogen and oxygen atoms in total. The first-order valence-electron chi connectivity index (χ1n) is 23.2. The number of allylic oxidation sites excluding steroid dienone is 19. The quantitative estimate of drug-likeness (QED) is 0.144. The Bertz CT molecular complexity index is 2840. The predicted molar refractivity (Wildman–Crippen MR) is 266 cm³/mol. The van der Waals surface area contributed by atoms with Crippen molar-refractivity contribution in [3.8, 4) is 11.1 Å². The summed E-state index contributed by atoms with van der Waals surface area (Å²) in [5, 5.41) is 0. The molecule has 0 spiro atoms. The lowest BCUT2D eigenvalue weighted by molar-refractivity contribution is 0.607. The van der Waals surface area contributed by atoms with Crippen LogP contribution in [-0.4, -0.2) is 0 Å². The molecule has 2 atom stereocenters. The highest BCUT2D eigenvalue weighted by Crippen LogP contribution is 2.59. The lowest BCUT2D eigenvalue weighted by atomic mass is 9.65. The van der Waals surface area contributed by atoms with Gasteiger partial charge >= 0.3 is 0 Å². The van der Waals surface area contributed by atoms with E-state index in [1.165, 1.54) is 119 Å². The Labute approximate surface area is 375 Å². The average Bonchev–Trinajstić information content (AvgIpc) is 3.57.